The molecule has 3 rings (SSSR count). The van der Waals surface area contributed by atoms with Crippen molar-refractivity contribution >= 4 is 5.97 Å². The van der Waals surface area contributed by atoms with Crippen LogP contribution in [0.2, 0.25) is 0 Å². The van der Waals surface area contributed by atoms with Gasteiger partial charge in [-0.3, -0.25) is 0 Å². The number of aromatic nitrogens is 1. The van der Waals surface area contributed by atoms with Crippen LogP contribution in [0.1, 0.15) is 23.1 Å². The Morgan fingerprint density at radius 3 is 2.95 bits per heavy atom. The average molecular weight is 298 g/mol. The van der Waals surface area contributed by atoms with Gasteiger partial charge in [-0.25, -0.2) is 9.78 Å². The van der Waals surface area contributed by atoms with Crippen molar-refractivity contribution in [3.8, 4) is 23.4 Å². The van der Waals surface area contributed by atoms with Crippen LogP contribution in [0.3, 0.4) is 0 Å². The Labute approximate surface area is 127 Å². The van der Waals surface area contributed by atoms with E-state index in [1.807, 2.05) is 6.07 Å². The molecule has 2 heterocycles. The number of esters is 1. The van der Waals surface area contributed by atoms with E-state index in [2.05, 4.69) is 15.8 Å². The quantitative estimate of drug-likeness (QED) is 0.805. The van der Waals surface area contributed by atoms with Crippen molar-refractivity contribution in [3.63, 3.8) is 0 Å². The summed E-state index contributed by atoms with van der Waals surface area (Å²) in [4.78, 5) is 15.7. The predicted octanol–water partition coefficient (Wildman–Crippen LogP) is 2.25. The number of carbonyl (C=O) groups is 1. The van der Waals surface area contributed by atoms with Gasteiger partial charge in [0.25, 0.3) is 0 Å². The van der Waals surface area contributed by atoms with Gasteiger partial charge >= 0.3 is 5.97 Å². The molecule has 0 fully saturated rings. The van der Waals surface area contributed by atoms with Crippen molar-refractivity contribution in [1.29, 1.82) is 5.26 Å². The summed E-state index contributed by atoms with van der Waals surface area (Å²) >= 11 is 0. The van der Waals surface area contributed by atoms with E-state index >= 15 is 0 Å². The number of furan rings is 1. The van der Waals surface area contributed by atoms with Gasteiger partial charge in [0.2, 0.25) is 5.88 Å². The summed E-state index contributed by atoms with van der Waals surface area (Å²) in [7, 11) is 1.28. The molecule has 0 unspecified atom stereocenters. The summed E-state index contributed by atoms with van der Waals surface area (Å²) in [6, 6.07) is 5.74. The third kappa shape index (κ3) is 2.42. The maximum atomic E-state index is 11.3. The lowest BCUT2D eigenvalue weighted by Crippen LogP contribution is -2.14. The lowest BCUT2D eigenvalue weighted by Gasteiger charge is -2.12. The van der Waals surface area contributed by atoms with Crippen molar-refractivity contribution in [1.82, 2.24) is 4.98 Å². The van der Waals surface area contributed by atoms with E-state index < -0.39 is 5.97 Å². The normalized spacial score (nSPS) is 12.5. The fraction of sp³-hybridized carbons (Fsp3) is 0.312. The predicted molar refractivity (Wildman–Crippen MR) is 76.2 cm³/mol. The SMILES string of the molecule is COC(=O)COc1nc(-c2ccco2)c2c(c1C#N)CCC2. The molecule has 2 aromatic rings. The average Bonchev–Trinajstić information content (AvgIpc) is 3.22. The number of hydrogen-bond acceptors (Lipinski definition) is 6. The summed E-state index contributed by atoms with van der Waals surface area (Å²) in [5.74, 6) is 0.260. The molecule has 112 valence electrons. The standard InChI is InChI=1S/C16H14N2O4/c1-20-14(19)9-22-16-12(8-17)10-4-2-5-11(10)15(18-16)13-6-3-7-21-13/h3,6-7H,2,4-5,9H2,1H3. The molecule has 0 radical (unpaired) electrons. The van der Waals surface area contributed by atoms with E-state index in [0.717, 1.165) is 30.4 Å². The van der Waals surface area contributed by atoms with E-state index in [1.54, 1.807) is 12.3 Å². The molecule has 0 saturated heterocycles. The third-order valence-corrected chi connectivity index (χ3v) is 3.65. The summed E-state index contributed by atoms with van der Waals surface area (Å²) in [6.45, 7) is -0.283. The first-order valence-corrected chi connectivity index (χ1v) is 6.94. The molecule has 0 saturated carbocycles. The highest BCUT2D eigenvalue weighted by Crippen LogP contribution is 2.37. The molecule has 0 N–H and O–H groups in total. The summed E-state index contributed by atoms with van der Waals surface area (Å²) in [5.41, 5.74) is 3.03. The second-order valence-corrected chi connectivity index (χ2v) is 4.91. The molecule has 1 aliphatic carbocycles. The highest BCUT2D eigenvalue weighted by atomic mass is 16.6. The third-order valence-electron chi connectivity index (χ3n) is 3.65. The van der Waals surface area contributed by atoms with Crippen LogP contribution in [-0.4, -0.2) is 24.7 Å². The maximum absolute atomic E-state index is 11.3. The van der Waals surface area contributed by atoms with E-state index in [1.165, 1.54) is 7.11 Å². The van der Waals surface area contributed by atoms with Crippen LogP contribution in [-0.2, 0) is 22.4 Å². The number of fused-ring (bicyclic) bond motifs is 1. The molecule has 0 atom stereocenters. The highest BCUT2D eigenvalue weighted by Gasteiger charge is 2.26. The van der Waals surface area contributed by atoms with Gasteiger partial charge in [-0.05, 0) is 42.5 Å². The fourth-order valence-corrected chi connectivity index (χ4v) is 2.66. The van der Waals surface area contributed by atoms with Crippen LogP contribution >= 0.6 is 0 Å². The Bertz CT molecular complexity index is 744. The highest BCUT2D eigenvalue weighted by molar-refractivity contribution is 5.71. The van der Waals surface area contributed by atoms with Crippen LogP contribution in [0.25, 0.3) is 11.5 Å². The van der Waals surface area contributed by atoms with Crippen LogP contribution in [0, 0.1) is 11.3 Å². The Balaban J connectivity index is 2.07. The summed E-state index contributed by atoms with van der Waals surface area (Å²) in [6.07, 6.45) is 4.18. The number of nitriles is 1. The largest absolute Gasteiger partial charge is 0.466 e. The van der Waals surface area contributed by atoms with Crippen molar-refractivity contribution in [2.45, 2.75) is 19.3 Å². The maximum Gasteiger partial charge on any atom is 0.343 e. The van der Waals surface area contributed by atoms with Crippen LogP contribution in [0.5, 0.6) is 5.88 Å². The minimum Gasteiger partial charge on any atom is -0.466 e. The van der Waals surface area contributed by atoms with E-state index in [0.29, 0.717) is 17.0 Å². The zero-order chi connectivity index (χ0) is 15.5. The Morgan fingerprint density at radius 1 is 1.45 bits per heavy atom. The van der Waals surface area contributed by atoms with Gasteiger partial charge in [-0.2, -0.15) is 5.26 Å². The van der Waals surface area contributed by atoms with Crippen LogP contribution < -0.4 is 4.74 Å². The summed E-state index contributed by atoms with van der Waals surface area (Å²) in [5, 5.41) is 9.42. The smallest absolute Gasteiger partial charge is 0.343 e. The van der Waals surface area contributed by atoms with Gasteiger partial charge in [0.05, 0.1) is 13.4 Å². The monoisotopic (exact) mass is 298 g/mol. The minimum atomic E-state index is -0.522. The van der Waals surface area contributed by atoms with E-state index in [4.69, 9.17) is 9.15 Å². The zero-order valence-corrected chi connectivity index (χ0v) is 12.1. The van der Waals surface area contributed by atoms with Gasteiger partial charge in [-0.15, -0.1) is 0 Å². The first-order valence-electron chi connectivity index (χ1n) is 6.94. The van der Waals surface area contributed by atoms with Gasteiger partial charge in [0.15, 0.2) is 12.4 Å². The molecular formula is C16H14N2O4. The van der Waals surface area contributed by atoms with Gasteiger partial charge < -0.3 is 13.9 Å². The molecule has 0 aliphatic heterocycles. The molecule has 22 heavy (non-hydrogen) atoms. The molecule has 6 heteroatoms. The zero-order valence-electron chi connectivity index (χ0n) is 12.1. The topological polar surface area (TPSA) is 85.3 Å². The number of carbonyl (C=O) groups excluding carboxylic acids is 1. The van der Waals surface area contributed by atoms with Gasteiger partial charge in [0, 0.05) is 0 Å². The first kappa shape index (κ1) is 14.1. The molecule has 2 aromatic heterocycles. The van der Waals surface area contributed by atoms with Crippen LogP contribution in [0.15, 0.2) is 22.8 Å². The molecular weight excluding hydrogens is 284 g/mol. The number of pyridine rings is 1. The summed E-state index contributed by atoms with van der Waals surface area (Å²) < 4.78 is 15.4. The number of nitrogens with zero attached hydrogens (tertiary/aromatic N) is 2. The molecule has 1 aliphatic rings. The molecule has 0 spiro atoms. The van der Waals surface area contributed by atoms with Crippen LogP contribution in [0.4, 0.5) is 0 Å². The molecule has 0 amide bonds. The van der Waals surface area contributed by atoms with Crippen molar-refractivity contribution in [2.24, 2.45) is 0 Å². The van der Waals surface area contributed by atoms with E-state index in [-0.39, 0.29) is 12.5 Å². The minimum absolute atomic E-state index is 0.153. The second-order valence-electron chi connectivity index (χ2n) is 4.91. The first-order chi connectivity index (χ1) is 10.7. The van der Waals surface area contributed by atoms with Crippen molar-refractivity contribution < 1.29 is 18.7 Å². The lowest BCUT2D eigenvalue weighted by atomic mass is 10.0. The lowest BCUT2D eigenvalue weighted by molar-refractivity contribution is -0.143. The Kier molecular flexibility index (Phi) is 3.79. The number of rotatable bonds is 4. The van der Waals surface area contributed by atoms with Gasteiger partial charge in [-0.1, -0.05) is 0 Å². The number of hydrogen-bond donors (Lipinski definition) is 0. The van der Waals surface area contributed by atoms with Crippen molar-refractivity contribution in [3.05, 3.63) is 35.1 Å². The number of methoxy groups -OCH3 is 1. The van der Waals surface area contributed by atoms with Crippen molar-refractivity contribution in [2.75, 3.05) is 13.7 Å². The van der Waals surface area contributed by atoms with Gasteiger partial charge in [0.1, 0.15) is 17.3 Å². The Hall–Kier alpha value is -2.81. The molecule has 0 bridgehead atoms. The number of ether oxygens (including phenoxy) is 2. The molecule has 6 nitrogen and oxygen atoms in total. The fourth-order valence-electron chi connectivity index (χ4n) is 2.66. The van der Waals surface area contributed by atoms with E-state index in [9.17, 15) is 10.1 Å². The Morgan fingerprint density at radius 2 is 2.27 bits per heavy atom. The molecule has 0 aromatic carbocycles. The second kappa shape index (κ2) is 5.90.